The summed E-state index contributed by atoms with van der Waals surface area (Å²) >= 11 is 0. The summed E-state index contributed by atoms with van der Waals surface area (Å²) in [6.07, 6.45) is 8.27. The van der Waals surface area contributed by atoms with Crippen molar-refractivity contribution < 1.29 is 28.3 Å². The normalized spacial score (nSPS) is 23.8. The zero-order chi connectivity index (χ0) is 37.7. The Morgan fingerprint density at radius 3 is 2.57 bits per heavy atom. The molecule has 3 fully saturated rings. The minimum Gasteiger partial charge on any atom is -0.370 e. The first-order chi connectivity index (χ1) is 26.1. The molecular weight excluding hydrogens is 700 g/mol. The van der Waals surface area contributed by atoms with Crippen LogP contribution in [0, 0.1) is 5.92 Å². The zero-order valence-corrected chi connectivity index (χ0v) is 30.3. The van der Waals surface area contributed by atoms with E-state index in [9.17, 15) is 28.3 Å². The molecule has 4 aromatic rings. The van der Waals surface area contributed by atoms with Crippen LogP contribution in [0.15, 0.2) is 49.1 Å². The van der Waals surface area contributed by atoms with E-state index >= 15 is 0 Å². The Morgan fingerprint density at radius 2 is 1.83 bits per heavy atom. The van der Waals surface area contributed by atoms with Crippen molar-refractivity contribution in [2.75, 3.05) is 53.7 Å². The van der Waals surface area contributed by atoms with Gasteiger partial charge in [-0.05, 0) is 76.1 Å². The Labute approximate surface area is 310 Å². The number of aliphatic hydroxyl groups excluding tert-OH is 1. The smallest absolute Gasteiger partial charge is 0.284 e. The van der Waals surface area contributed by atoms with Crippen molar-refractivity contribution in [1.82, 2.24) is 34.6 Å². The molecule has 3 aliphatic heterocycles. The van der Waals surface area contributed by atoms with Gasteiger partial charge in [0.1, 0.15) is 11.6 Å². The van der Waals surface area contributed by atoms with E-state index in [1.54, 1.807) is 26.7 Å². The third-order valence-electron chi connectivity index (χ3n) is 11.7. The number of para-hydroxylation sites is 1. The molecule has 15 nitrogen and oxygen atoms in total. The van der Waals surface area contributed by atoms with Crippen LogP contribution in [0.1, 0.15) is 79.9 Å². The number of aliphatic hydroxyl groups is 1. The minimum atomic E-state index is -2.84. The maximum Gasteiger partial charge on any atom is 0.284 e. The van der Waals surface area contributed by atoms with E-state index in [-0.39, 0.29) is 35.5 Å². The van der Waals surface area contributed by atoms with Gasteiger partial charge in [0.25, 0.3) is 12.3 Å². The van der Waals surface area contributed by atoms with Gasteiger partial charge in [0.15, 0.2) is 11.3 Å². The summed E-state index contributed by atoms with van der Waals surface area (Å²) in [5.74, 6) is -0.768. The number of anilines is 4. The second-order valence-electron chi connectivity index (χ2n) is 14.9. The van der Waals surface area contributed by atoms with Crippen molar-refractivity contribution in [3.05, 3.63) is 60.3 Å². The van der Waals surface area contributed by atoms with Gasteiger partial charge in [0.05, 0.1) is 35.0 Å². The molecule has 1 aliphatic carbocycles. The Morgan fingerprint density at radius 1 is 1.07 bits per heavy atom. The van der Waals surface area contributed by atoms with Crippen LogP contribution in [0.5, 0.6) is 0 Å². The molecule has 3 amide bonds. The number of fused-ring (bicyclic) bond motifs is 2. The molecular formula is C37H45F2N11O4. The molecule has 1 saturated carbocycles. The van der Waals surface area contributed by atoms with Gasteiger partial charge in [0.2, 0.25) is 18.2 Å². The van der Waals surface area contributed by atoms with Crippen LogP contribution in [0.2, 0.25) is 0 Å². The summed E-state index contributed by atoms with van der Waals surface area (Å²) in [5.41, 5.74) is 2.76. The molecule has 2 atom stereocenters. The van der Waals surface area contributed by atoms with Crippen molar-refractivity contribution in [1.29, 1.82) is 0 Å². The molecule has 0 radical (unpaired) electrons. The molecule has 4 aliphatic rings. The highest BCUT2D eigenvalue weighted by Gasteiger charge is 2.43. The molecule has 6 heterocycles. The monoisotopic (exact) mass is 745 g/mol. The van der Waals surface area contributed by atoms with Gasteiger partial charge in [-0.25, -0.2) is 18.3 Å². The largest absolute Gasteiger partial charge is 0.370 e. The van der Waals surface area contributed by atoms with Crippen LogP contribution in [-0.4, -0.2) is 104 Å². The number of carbonyl (C=O) groups is 3. The number of carbonyl (C=O) groups excluding carboxylic acids is 3. The standard InChI is InChI=1S/C37H45F2N11O4/c1-45(23-13-17-47(18-14-23)27-5-3-6-28-32(27)46(2)37(54)50(28)29-11-12-30(51)43-36(29)53)20-22-7-9-24(10-8-22)49-21-26(31(44-49)33(38)39)42-35(52)25-19-41-48-16-4-15-40-34(25)48/h3-6,15-16,19,21-24,29,33,37,54H,7-14,17-18,20H2,1-2H3,(H,42,52)(H,43,51,53)/t22-,24-,29?,37?. The second kappa shape index (κ2) is 14.6. The number of imide groups is 1. The van der Waals surface area contributed by atoms with Crippen LogP contribution in [0.25, 0.3) is 5.65 Å². The first kappa shape index (κ1) is 35.8. The molecule has 286 valence electrons. The number of nitrogens with zero attached hydrogens (tertiary/aromatic N) is 9. The van der Waals surface area contributed by atoms with Crippen molar-refractivity contribution in [2.45, 2.75) is 82.3 Å². The summed E-state index contributed by atoms with van der Waals surface area (Å²) in [4.78, 5) is 50.1. The van der Waals surface area contributed by atoms with Gasteiger partial charge in [-0.3, -0.25) is 24.4 Å². The molecule has 1 aromatic carbocycles. The Bertz CT molecular complexity index is 2040. The summed E-state index contributed by atoms with van der Waals surface area (Å²) in [6, 6.07) is 7.39. The van der Waals surface area contributed by atoms with Crippen molar-refractivity contribution in [3.8, 4) is 0 Å². The van der Waals surface area contributed by atoms with Crippen LogP contribution in [0.3, 0.4) is 0 Å². The summed E-state index contributed by atoms with van der Waals surface area (Å²) < 4.78 is 31.2. The van der Waals surface area contributed by atoms with Gasteiger partial charge in [-0.2, -0.15) is 10.2 Å². The predicted octanol–water partition coefficient (Wildman–Crippen LogP) is 3.79. The fraction of sp³-hybridized carbons (Fsp3) is 0.514. The molecule has 8 rings (SSSR count). The fourth-order valence-electron chi connectivity index (χ4n) is 8.77. The van der Waals surface area contributed by atoms with Gasteiger partial charge in [-0.1, -0.05) is 6.07 Å². The highest BCUT2D eigenvalue weighted by molar-refractivity contribution is 6.08. The highest BCUT2D eigenvalue weighted by atomic mass is 19.3. The van der Waals surface area contributed by atoms with Crippen LogP contribution in [-0.2, 0) is 9.59 Å². The summed E-state index contributed by atoms with van der Waals surface area (Å²) in [6.45, 7) is 2.64. The highest BCUT2D eigenvalue weighted by Crippen LogP contribution is 2.47. The lowest BCUT2D eigenvalue weighted by molar-refractivity contribution is -0.134. The molecule has 2 unspecified atom stereocenters. The number of amides is 3. The molecule has 3 N–H and O–H groups in total. The van der Waals surface area contributed by atoms with Crippen LogP contribution in [0.4, 0.5) is 31.5 Å². The van der Waals surface area contributed by atoms with Gasteiger partial charge < -0.3 is 30.0 Å². The maximum atomic E-state index is 14.1. The summed E-state index contributed by atoms with van der Waals surface area (Å²) in [5, 5.41) is 24.6. The molecule has 3 aromatic heterocycles. The topological polar surface area (TPSA) is 156 Å². The Hall–Kier alpha value is -5.16. The van der Waals surface area contributed by atoms with Gasteiger partial charge >= 0.3 is 0 Å². The lowest BCUT2D eigenvalue weighted by Crippen LogP contribution is -2.56. The quantitative estimate of drug-likeness (QED) is 0.214. The van der Waals surface area contributed by atoms with E-state index in [0.29, 0.717) is 24.0 Å². The second-order valence-corrected chi connectivity index (χ2v) is 14.9. The first-order valence-corrected chi connectivity index (χ1v) is 18.7. The molecule has 0 bridgehead atoms. The Balaban J connectivity index is 0.853. The number of aromatic nitrogens is 5. The molecule has 0 spiro atoms. The molecule has 2 saturated heterocycles. The number of hydrogen-bond acceptors (Lipinski definition) is 11. The van der Waals surface area contributed by atoms with Crippen LogP contribution >= 0.6 is 0 Å². The first-order valence-electron chi connectivity index (χ1n) is 18.7. The maximum absolute atomic E-state index is 14.1. The van der Waals surface area contributed by atoms with E-state index in [4.69, 9.17) is 0 Å². The molecule has 54 heavy (non-hydrogen) atoms. The van der Waals surface area contributed by atoms with E-state index in [1.807, 2.05) is 19.2 Å². The number of nitrogens with one attached hydrogen (secondary N) is 2. The third-order valence-corrected chi connectivity index (χ3v) is 11.7. The van der Waals surface area contributed by atoms with E-state index in [2.05, 4.69) is 48.7 Å². The third kappa shape index (κ3) is 6.63. The van der Waals surface area contributed by atoms with Crippen molar-refractivity contribution >= 4 is 46.1 Å². The van der Waals surface area contributed by atoms with E-state index in [1.165, 1.54) is 23.1 Å². The SMILES string of the molecule is CN(C[C@H]1CC[C@H](n2cc(NC(=O)c3cnn4cccnc34)c(C(F)F)n2)CC1)C1CCN(c2cccc3c2N(C)C(O)N3C2CCC(=O)NC2=O)CC1. The number of hydrogen-bond donors (Lipinski definition) is 3. The average molecular weight is 746 g/mol. The minimum absolute atomic E-state index is 0.00611. The number of benzene rings is 1. The van der Waals surface area contributed by atoms with Gasteiger partial charge in [0, 0.05) is 57.7 Å². The average Bonchev–Trinajstić information content (AvgIpc) is 3.87. The van der Waals surface area contributed by atoms with E-state index in [0.717, 1.165) is 75.2 Å². The predicted molar refractivity (Wildman–Crippen MR) is 196 cm³/mol. The number of alkyl halides is 2. The Kier molecular flexibility index (Phi) is 9.68. The van der Waals surface area contributed by atoms with Crippen molar-refractivity contribution in [3.63, 3.8) is 0 Å². The van der Waals surface area contributed by atoms with E-state index < -0.39 is 30.4 Å². The number of rotatable bonds is 9. The lowest BCUT2D eigenvalue weighted by atomic mass is 9.85. The number of halogens is 2. The van der Waals surface area contributed by atoms with Crippen LogP contribution < -0.4 is 25.3 Å². The van der Waals surface area contributed by atoms with Gasteiger partial charge in [-0.15, -0.1) is 0 Å². The summed E-state index contributed by atoms with van der Waals surface area (Å²) in [7, 11) is 4.02. The van der Waals surface area contributed by atoms with Crippen molar-refractivity contribution in [2.24, 2.45) is 5.92 Å². The zero-order valence-electron chi connectivity index (χ0n) is 30.3. The lowest BCUT2D eigenvalue weighted by Gasteiger charge is -2.40. The number of piperidine rings is 2. The fourth-order valence-corrected chi connectivity index (χ4v) is 8.77. The molecule has 17 heteroatoms.